The molecule has 4 nitrogen and oxygen atoms in total. The number of furan rings is 1. The molecule has 2 heterocycles. The van der Waals surface area contributed by atoms with Crippen molar-refractivity contribution in [3.05, 3.63) is 42.1 Å². The quantitative estimate of drug-likeness (QED) is 0.833. The van der Waals surface area contributed by atoms with Gasteiger partial charge in [-0.2, -0.15) is 5.10 Å². The van der Waals surface area contributed by atoms with Crippen LogP contribution < -0.4 is 5.32 Å². The van der Waals surface area contributed by atoms with Crippen molar-refractivity contribution in [1.29, 1.82) is 0 Å². The number of hydrogen-bond donors (Lipinski definition) is 1. The summed E-state index contributed by atoms with van der Waals surface area (Å²) in [5.74, 6) is 0.982. The molecular weight excluding hydrogens is 214 g/mol. The third-order valence-electron chi connectivity index (χ3n) is 2.79. The lowest BCUT2D eigenvalue weighted by molar-refractivity contribution is 0.416. The fourth-order valence-corrected chi connectivity index (χ4v) is 1.93. The molecule has 0 saturated heterocycles. The van der Waals surface area contributed by atoms with Crippen LogP contribution in [0.5, 0.6) is 0 Å². The molecule has 0 radical (unpaired) electrons. The molecule has 2 rings (SSSR count). The third kappa shape index (κ3) is 2.97. The molecule has 0 saturated carbocycles. The fourth-order valence-electron chi connectivity index (χ4n) is 1.93. The van der Waals surface area contributed by atoms with Gasteiger partial charge in [0.1, 0.15) is 5.76 Å². The number of nitrogens with zero attached hydrogens (tertiary/aromatic N) is 2. The Morgan fingerprint density at radius 3 is 2.94 bits per heavy atom. The second kappa shape index (κ2) is 5.68. The molecule has 0 aliphatic heterocycles. The summed E-state index contributed by atoms with van der Waals surface area (Å²) in [6.07, 6.45) is 6.64. The van der Waals surface area contributed by atoms with Crippen molar-refractivity contribution in [1.82, 2.24) is 15.1 Å². The number of aryl methyl sites for hydroxylation is 1. The Balaban J connectivity index is 2.07. The summed E-state index contributed by atoms with van der Waals surface area (Å²) in [6, 6.07) is 4.16. The number of aromatic nitrogens is 2. The van der Waals surface area contributed by atoms with E-state index in [9.17, 15) is 0 Å². The van der Waals surface area contributed by atoms with Crippen molar-refractivity contribution in [2.75, 3.05) is 6.54 Å². The Kier molecular flexibility index (Phi) is 3.98. The Morgan fingerprint density at radius 2 is 2.35 bits per heavy atom. The zero-order chi connectivity index (χ0) is 12.1. The molecule has 0 aliphatic rings. The van der Waals surface area contributed by atoms with Gasteiger partial charge in [-0.05, 0) is 37.6 Å². The van der Waals surface area contributed by atoms with E-state index in [1.165, 1.54) is 5.56 Å². The van der Waals surface area contributed by atoms with Gasteiger partial charge in [0.25, 0.3) is 0 Å². The van der Waals surface area contributed by atoms with E-state index in [2.05, 4.69) is 30.5 Å². The van der Waals surface area contributed by atoms with Crippen molar-refractivity contribution >= 4 is 0 Å². The highest BCUT2D eigenvalue weighted by Gasteiger charge is 2.14. The van der Waals surface area contributed by atoms with Gasteiger partial charge in [-0.15, -0.1) is 0 Å². The van der Waals surface area contributed by atoms with Crippen LogP contribution in [0.4, 0.5) is 0 Å². The van der Waals surface area contributed by atoms with E-state index in [-0.39, 0.29) is 6.04 Å². The minimum atomic E-state index is 0.226. The highest BCUT2D eigenvalue weighted by Crippen LogP contribution is 2.18. The van der Waals surface area contributed by atoms with Crippen LogP contribution in [0.2, 0.25) is 0 Å². The number of hydrogen-bond acceptors (Lipinski definition) is 3. The van der Waals surface area contributed by atoms with Crippen LogP contribution in [0.3, 0.4) is 0 Å². The highest BCUT2D eigenvalue weighted by atomic mass is 16.3. The predicted octanol–water partition coefficient (Wildman–Crippen LogP) is 2.39. The van der Waals surface area contributed by atoms with E-state index in [4.69, 9.17) is 4.42 Å². The van der Waals surface area contributed by atoms with Crippen LogP contribution >= 0.6 is 0 Å². The molecule has 0 aromatic carbocycles. The molecule has 0 bridgehead atoms. The SMILES string of the molecule is CCNC(Cc1cnn(CC)c1)c1ccco1. The molecule has 1 atom stereocenters. The molecule has 92 valence electrons. The van der Waals surface area contributed by atoms with Gasteiger partial charge >= 0.3 is 0 Å². The molecule has 1 N–H and O–H groups in total. The lowest BCUT2D eigenvalue weighted by atomic mass is 10.1. The van der Waals surface area contributed by atoms with Gasteiger partial charge in [-0.1, -0.05) is 6.92 Å². The summed E-state index contributed by atoms with van der Waals surface area (Å²) in [5.41, 5.74) is 1.23. The number of likely N-dealkylation sites (N-methyl/N-ethyl adjacent to an activating group) is 1. The maximum absolute atomic E-state index is 5.46. The Morgan fingerprint density at radius 1 is 1.47 bits per heavy atom. The van der Waals surface area contributed by atoms with E-state index in [0.717, 1.165) is 25.3 Å². The van der Waals surface area contributed by atoms with Gasteiger partial charge in [0.15, 0.2) is 0 Å². The average Bonchev–Trinajstić information content (AvgIpc) is 2.99. The van der Waals surface area contributed by atoms with Crippen molar-refractivity contribution in [3.8, 4) is 0 Å². The van der Waals surface area contributed by atoms with E-state index >= 15 is 0 Å². The maximum Gasteiger partial charge on any atom is 0.121 e. The lowest BCUT2D eigenvalue weighted by Crippen LogP contribution is -2.22. The summed E-state index contributed by atoms with van der Waals surface area (Å²) in [7, 11) is 0. The number of rotatable bonds is 6. The molecule has 1 unspecified atom stereocenters. The zero-order valence-corrected chi connectivity index (χ0v) is 10.4. The summed E-state index contributed by atoms with van der Waals surface area (Å²) >= 11 is 0. The van der Waals surface area contributed by atoms with Gasteiger partial charge in [0.2, 0.25) is 0 Å². The Bertz CT molecular complexity index is 433. The smallest absolute Gasteiger partial charge is 0.121 e. The average molecular weight is 233 g/mol. The summed E-state index contributed by atoms with van der Waals surface area (Å²) in [5, 5.41) is 7.72. The van der Waals surface area contributed by atoms with E-state index < -0.39 is 0 Å². The topological polar surface area (TPSA) is 43.0 Å². The summed E-state index contributed by atoms with van der Waals surface area (Å²) in [4.78, 5) is 0. The van der Waals surface area contributed by atoms with Crippen molar-refractivity contribution < 1.29 is 4.42 Å². The van der Waals surface area contributed by atoms with Crippen LogP contribution in [0, 0.1) is 0 Å². The molecule has 0 aliphatic carbocycles. The predicted molar refractivity (Wildman–Crippen MR) is 66.7 cm³/mol. The van der Waals surface area contributed by atoms with Gasteiger partial charge in [0.05, 0.1) is 18.5 Å². The maximum atomic E-state index is 5.46. The molecule has 2 aromatic heterocycles. The number of nitrogens with one attached hydrogen (secondary N) is 1. The first kappa shape index (κ1) is 11.9. The minimum absolute atomic E-state index is 0.226. The normalized spacial score (nSPS) is 12.8. The van der Waals surface area contributed by atoms with E-state index in [1.807, 2.05) is 23.0 Å². The monoisotopic (exact) mass is 233 g/mol. The lowest BCUT2D eigenvalue weighted by Gasteiger charge is -2.14. The first-order chi connectivity index (χ1) is 8.33. The Labute approximate surface area is 102 Å². The molecule has 2 aromatic rings. The van der Waals surface area contributed by atoms with Crippen molar-refractivity contribution in [2.45, 2.75) is 32.9 Å². The van der Waals surface area contributed by atoms with Crippen molar-refractivity contribution in [3.63, 3.8) is 0 Å². The highest BCUT2D eigenvalue weighted by molar-refractivity contribution is 5.12. The van der Waals surface area contributed by atoms with E-state index in [1.54, 1.807) is 6.26 Å². The summed E-state index contributed by atoms with van der Waals surface area (Å²) < 4.78 is 7.41. The molecule has 0 amide bonds. The first-order valence-electron chi connectivity index (χ1n) is 6.11. The minimum Gasteiger partial charge on any atom is -0.468 e. The standard InChI is InChI=1S/C13H19N3O/c1-3-14-12(13-6-5-7-17-13)8-11-9-15-16(4-2)10-11/h5-7,9-10,12,14H,3-4,8H2,1-2H3. The third-order valence-corrected chi connectivity index (χ3v) is 2.79. The van der Waals surface area contributed by atoms with Gasteiger partial charge < -0.3 is 9.73 Å². The molecule has 0 spiro atoms. The Hall–Kier alpha value is -1.55. The molecule has 0 fully saturated rings. The van der Waals surface area contributed by atoms with Gasteiger partial charge in [0, 0.05) is 12.7 Å². The molecular formula is C13H19N3O. The van der Waals surface area contributed by atoms with Gasteiger partial charge in [-0.25, -0.2) is 0 Å². The molecule has 17 heavy (non-hydrogen) atoms. The fraction of sp³-hybridized carbons (Fsp3) is 0.462. The van der Waals surface area contributed by atoms with Crippen LogP contribution in [0.25, 0.3) is 0 Å². The van der Waals surface area contributed by atoms with E-state index in [0.29, 0.717) is 0 Å². The van der Waals surface area contributed by atoms with Crippen LogP contribution in [-0.2, 0) is 13.0 Å². The van der Waals surface area contributed by atoms with Crippen molar-refractivity contribution in [2.24, 2.45) is 0 Å². The largest absolute Gasteiger partial charge is 0.468 e. The zero-order valence-electron chi connectivity index (χ0n) is 10.4. The first-order valence-corrected chi connectivity index (χ1v) is 6.11. The molecule has 4 heteroatoms. The van der Waals surface area contributed by atoms with Crippen LogP contribution in [-0.4, -0.2) is 16.3 Å². The van der Waals surface area contributed by atoms with Crippen LogP contribution in [0.1, 0.15) is 31.2 Å². The van der Waals surface area contributed by atoms with Gasteiger partial charge in [-0.3, -0.25) is 4.68 Å². The van der Waals surface area contributed by atoms with Crippen LogP contribution in [0.15, 0.2) is 35.2 Å². The second-order valence-corrected chi connectivity index (χ2v) is 4.03. The second-order valence-electron chi connectivity index (χ2n) is 4.03. The summed E-state index contributed by atoms with van der Waals surface area (Å²) in [6.45, 7) is 6.02.